The lowest BCUT2D eigenvalue weighted by atomic mass is 10.1. The molecule has 4 rings (SSSR count). The first kappa shape index (κ1) is 21.2. The zero-order chi connectivity index (χ0) is 23.0. The summed E-state index contributed by atoms with van der Waals surface area (Å²) in [4.78, 5) is 21.2. The molecule has 1 atom stereocenters. The monoisotopic (exact) mass is 452 g/mol. The summed E-state index contributed by atoms with van der Waals surface area (Å²) in [6.45, 7) is 1.65. The molecule has 32 heavy (non-hydrogen) atoms. The van der Waals surface area contributed by atoms with Crippen molar-refractivity contribution in [2.75, 3.05) is 11.1 Å². The lowest BCUT2D eigenvalue weighted by Gasteiger charge is -2.22. The molecule has 3 N–H and O–H groups in total. The third-order valence-corrected chi connectivity index (χ3v) is 5.23. The molecule has 0 amide bonds. The maximum Gasteiger partial charge on any atom is 0.264 e. The summed E-state index contributed by atoms with van der Waals surface area (Å²) in [6.07, 6.45) is 1.25. The number of anilines is 2. The van der Waals surface area contributed by atoms with Crippen molar-refractivity contribution in [2.24, 2.45) is 0 Å². The quantitative estimate of drug-likeness (QED) is 0.476. The molecular weight excluding hydrogens is 438 g/mol. The van der Waals surface area contributed by atoms with E-state index in [-0.39, 0.29) is 33.4 Å². The van der Waals surface area contributed by atoms with E-state index in [9.17, 15) is 18.8 Å². The number of nitriles is 1. The van der Waals surface area contributed by atoms with Crippen LogP contribution in [0.4, 0.5) is 20.5 Å². The summed E-state index contributed by atoms with van der Waals surface area (Å²) in [5.74, 6) is -1.79. The van der Waals surface area contributed by atoms with Gasteiger partial charge >= 0.3 is 0 Å². The van der Waals surface area contributed by atoms with Gasteiger partial charge in [-0.1, -0.05) is 29.8 Å². The molecule has 7 nitrogen and oxygen atoms in total. The summed E-state index contributed by atoms with van der Waals surface area (Å²) in [7, 11) is 0. The van der Waals surface area contributed by atoms with Crippen molar-refractivity contribution in [1.29, 1.82) is 5.26 Å². The lowest BCUT2D eigenvalue weighted by Crippen LogP contribution is -2.27. The summed E-state index contributed by atoms with van der Waals surface area (Å²) < 4.78 is 30.4. The highest BCUT2D eigenvalue weighted by Crippen LogP contribution is 2.29. The van der Waals surface area contributed by atoms with Crippen LogP contribution in [0, 0.1) is 23.0 Å². The average molecular weight is 453 g/mol. The molecule has 0 bridgehead atoms. The SMILES string of the molecule is CC(Nc1nc(N)ncc1C#N)c1cc2cccc(Cl)c2c(=O)n1-c1c(F)cccc1F. The van der Waals surface area contributed by atoms with E-state index in [2.05, 4.69) is 15.3 Å². The number of nitrogens with one attached hydrogen (secondary N) is 1. The van der Waals surface area contributed by atoms with Gasteiger partial charge < -0.3 is 11.1 Å². The van der Waals surface area contributed by atoms with Gasteiger partial charge in [-0.05, 0) is 36.6 Å². The van der Waals surface area contributed by atoms with Crippen molar-refractivity contribution in [3.8, 4) is 11.8 Å². The number of rotatable bonds is 4. The number of para-hydroxylation sites is 1. The molecule has 2 aromatic carbocycles. The number of fused-ring (bicyclic) bond motifs is 1. The molecular formula is C22H15ClF2N6O. The highest BCUT2D eigenvalue weighted by molar-refractivity contribution is 6.35. The van der Waals surface area contributed by atoms with E-state index in [0.717, 1.165) is 16.7 Å². The predicted molar refractivity (Wildman–Crippen MR) is 118 cm³/mol. The number of hydrogen-bond donors (Lipinski definition) is 2. The number of nitrogens with zero attached hydrogens (tertiary/aromatic N) is 4. The minimum absolute atomic E-state index is 0.0680. The first-order valence-corrected chi connectivity index (χ1v) is 9.77. The maximum atomic E-state index is 14.7. The van der Waals surface area contributed by atoms with Gasteiger partial charge in [0.1, 0.15) is 34.8 Å². The largest absolute Gasteiger partial charge is 0.368 e. The minimum atomic E-state index is -0.920. The van der Waals surface area contributed by atoms with Gasteiger partial charge in [0.25, 0.3) is 5.56 Å². The second-order valence-electron chi connectivity index (χ2n) is 6.95. The fourth-order valence-corrected chi connectivity index (χ4v) is 3.72. The second kappa shape index (κ2) is 8.24. The smallest absolute Gasteiger partial charge is 0.264 e. The summed E-state index contributed by atoms with van der Waals surface area (Å²) >= 11 is 6.24. The van der Waals surface area contributed by atoms with Crippen molar-refractivity contribution in [2.45, 2.75) is 13.0 Å². The fourth-order valence-electron chi connectivity index (χ4n) is 3.46. The van der Waals surface area contributed by atoms with E-state index in [1.54, 1.807) is 25.1 Å². The molecule has 0 aliphatic carbocycles. The summed E-state index contributed by atoms with van der Waals surface area (Å²) in [5.41, 5.74) is 4.73. The van der Waals surface area contributed by atoms with Crippen LogP contribution in [0.1, 0.15) is 24.2 Å². The van der Waals surface area contributed by atoms with Crippen LogP contribution >= 0.6 is 11.6 Å². The molecule has 1 unspecified atom stereocenters. The van der Waals surface area contributed by atoms with E-state index < -0.39 is 28.9 Å². The van der Waals surface area contributed by atoms with E-state index in [0.29, 0.717) is 5.39 Å². The molecule has 4 aromatic rings. The number of nitrogens with two attached hydrogens (primary N) is 1. The highest BCUT2D eigenvalue weighted by atomic mass is 35.5. The van der Waals surface area contributed by atoms with Crippen molar-refractivity contribution in [3.05, 3.63) is 86.9 Å². The topological polar surface area (TPSA) is 110 Å². The zero-order valence-corrected chi connectivity index (χ0v) is 17.4. The van der Waals surface area contributed by atoms with Crippen molar-refractivity contribution in [3.63, 3.8) is 0 Å². The molecule has 0 radical (unpaired) electrons. The molecule has 0 saturated carbocycles. The van der Waals surface area contributed by atoms with Crippen LogP contribution in [-0.2, 0) is 0 Å². The third-order valence-electron chi connectivity index (χ3n) is 4.91. The standard InChI is InChI=1S/C22H15ClF2N6O/c1-11(29-20-13(9-26)10-28-22(27)30-20)17-8-12-4-2-5-14(23)18(12)21(32)31(17)19-15(24)6-3-7-16(19)25/h2-8,10-11H,1H3,(H3,27,28,29,30). The molecule has 2 heterocycles. The Bertz CT molecular complexity index is 1440. The Morgan fingerprint density at radius 3 is 2.59 bits per heavy atom. The van der Waals surface area contributed by atoms with Gasteiger partial charge in [-0.15, -0.1) is 0 Å². The average Bonchev–Trinajstić information content (AvgIpc) is 2.75. The van der Waals surface area contributed by atoms with E-state index in [4.69, 9.17) is 17.3 Å². The molecule has 160 valence electrons. The maximum absolute atomic E-state index is 14.7. The Balaban J connectivity index is 2.00. The Morgan fingerprint density at radius 1 is 1.22 bits per heavy atom. The molecule has 2 aromatic heterocycles. The third kappa shape index (κ3) is 3.61. The first-order chi connectivity index (χ1) is 15.3. The number of hydrogen-bond acceptors (Lipinski definition) is 6. The van der Waals surface area contributed by atoms with Crippen LogP contribution in [0.2, 0.25) is 5.02 Å². The van der Waals surface area contributed by atoms with E-state index >= 15 is 0 Å². The number of halogens is 3. The van der Waals surface area contributed by atoms with Crippen LogP contribution < -0.4 is 16.6 Å². The molecule has 0 spiro atoms. The van der Waals surface area contributed by atoms with Gasteiger partial charge in [-0.25, -0.2) is 13.8 Å². The lowest BCUT2D eigenvalue weighted by molar-refractivity contribution is 0.561. The molecule has 0 aliphatic rings. The normalized spacial score (nSPS) is 11.8. The first-order valence-electron chi connectivity index (χ1n) is 9.39. The number of pyridine rings is 1. The predicted octanol–water partition coefficient (Wildman–Crippen LogP) is 4.34. The van der Waals surface area contributed by atoms with E-state index in [1.807, 2.05) is 6.07 Å². The molecule has 0 aliphatic heterocycles. The van der Waals surface area contributed by atoms with Crippen LogP contribution in [0.5, 0.6) is 0 Å². The number of nitrogen functional groups attached to an aromatic ring is 1. The second-order valence-corrected chi connectivity index (χ2v) is 7.36. The zero-order valence-electron chi connectivity index (χ0n) is 16.6. The summed E-state index contributed by atoms with van der Waals surface area (Å²) in [6, 6.07) is 11.0. The van der Waals surface area contributed by atoms with Gasteiger partial charge in [0.2, 0.25) is 5.95 Å². The van der Waals surface area contributed by atoms with Gasteiger partial charge in [0.15, 0.2) is 0 Å². The summed E-state index contributed by atoms with van der Waals surface area (Å²) in [5, 5.41) is 13.1. The Labute approximate surface area is 185 Å². The Kier molecular flexibility index (Phi) is 5.47. The Morgan fingerprint density at radius 2 is 1.91 bits per heavy atom. The van der Waals surface area contributed by atoms with Gasteiger partial charge in [-0.3, -0.25) is 9.36 Å². The number of benzene rings is 2. The number of aromatic nitrogens is 3. The van der Waals surface area contributed by atoms with Crippen molar-refractivity contribution in [1.82, 2.24) is 14.5 Å². The van der Waals surface area contributed by atoms with Crippen LogP contribution in [-0.4, -0.2) is 14.5 Å². The minimum Gasteiger partial charge on any atom is -0.368 e. The fraction of sp³-hybridized carbons (Fsp3) is 0.0909. The van der Waals surface area contributed by atoms with Crippen molar-refractivity contribution >= 4 is 34.1 Å². The van der Waals surface area contributed by atoms with Gasteiger partial charge in [0.05, 0.1) is 22.6 Å². The van der Waals surface area contributed by atoms with Crippen LogP contribution in [0.3, 0.4) is 0 Å². The molecule has 0 saturated heterocycles. The van der Waals surface area contributed by atoms with Crippen molar-refractivity contribution < 1.29 is 8.78 Å². The molecule has 0 fully saturated rings. The highest BCUT2D eigenvalue weighted by Gasteiger charge is 2.23. The Hall–Kier alpha value is -4.03. The van der Waals surface area contributed by atoms with Gasteiger partial charge in [-0.2, -0.15) is 10.2 Å². The van der Waals surface area contributed by atoms with Crippen LogP contribution in [0.25, 0.3) is 16.5 Å². The molecule has 10 heteroatoms. The van der Waals surface area contributed by atoms with Gasteiger partial charge in [0, 0.05) is 5.69 Å². The van der Waals surface area contributed by atoms with E-state index in [1.165, 1.54) is 18.3 Å². The van der Waals surface area contributed by atoms with Crippen LogP contribution in [0.15, 0.2) is 53.5 Å².